The maximum Gasteiger partial charge on any atom is 0.214 e. The van der Waals surface area contributed by atoms with Crippen molar-refractivity contribution < 1.29 is 8.42 Å². The molecule has 0 aliphatic carbocycles. The second kappa shape index (κ2) is 6.03. The second-order valence-corrected chi connectivity index (χ2v) is 9.72. The molecular weight excluding hydrogens is 334 g/mol. The van der Waals surface area contributed by atoms with Crippen LogP contribution >= 0.6 is 27.3 Å². The summed E-state index contributed by atoms with van der Waals surface area (Å²) in [5, 5.41) is 1.96. The van der Waals surface area contributed by atoms with E-state index in [0.29, 0.717) is 13.0 Å². The fourth-order valence-corrected chi connectivity index (χ4v) is 4.45. The van der Waals surface area contributed by atoms with Gasteiger partial charge in [-0.1, -0.05) is 20.8 Å². The molecule has 1 aromatic rings. The highest BCUT2D eigenvalue weighted by molar-refractivity contribution is 9.10. The van der Waals surface area contributed by atoms with E-state index in [4.69, 9.17) is 0 Å². The van der Waals surface area contributed by atoms with Crippen LogP contribution in [0.2, 0.25) is 0 Å². The van der Waals surface area contributed by atoms with Gasteiger partial charge in [-0.05, 0) is 33.8 Å². The topological polar surface area (TPSA) is 37.4 Å². The molecule has 0 spiro atoms. The molecule has 0 saturated carbocycles. The van der Waals surface area contributed by atoms with Gasteiger partial charge in [0.05, 0.1) is 5.75 Å². The van der Waals surface area contributed by atoms with Crippen LogP contribution < -0.4 is 0 Å². The smallest absolute Gasteiger partial charge is 0.212 e. The van der Waals surface area contributed by atoms with Crippen LogP contribution in [0.15, 0.2) is 15.9 Å². The summed E-state index contributed by atoms with van der Waals surface area (Å²) < 4.78 is 26.7. The van der Waals surface area contributed by atoms with Gasteiger partial charge in [0.2, 0.25) is 10.0 Å². The lowest BCUT2D eigenvalue weighted by atomic mass is 9.94. The molecule has 0 aliphatic rings. The number of hydrogen-bond donors (Lipinski definition) is 0. The zero-order chi connectivity index (χ0) is 14.0. The molecule has 6 heteroatoms. The summed E-state index contributed by atoms with van der Waals surface area (Å²) in [6.07, 6.45) is 0.674. The van der Waals surface area contributed by atoms with Crippen LogP contribution in [0.3, 0.4) is 0 Å². The van der Waals surface area contributed by atoms with E-state index < -0.39 is 10.0 Å². The van der Waals surface area contributed by atoms with E-state index in [9.17, 15) is 8.42 Å². The Bertz CT molecular complexity index is 488. The van der Waals surface area contributed by atoms with Crippen molar-refractivity contribution in [2.24, 2.45) is 5.41 Å². The average Bonchev–Trinajstić information content (AvgIpc) is 2.60. The second-order valence-electron chi connectivity index (χ2n) is 5.61. The van der Waals surface area contributed by atoms with Gasteiger partial charge in [0.1, 0.15) is 0 Å². The Morgan fingerprint density at radius 3 is 2.44 bits per heavy atom. The number of nitrogens with zero attached hydrogens (tertiary/aromatic N) is 1. The van der Waals surface area contributed by atoms with E-state index in [1.807, 2.05) is 11.4 Å². The Hall–Kier alpha value is 0.0900. The summed E-state index contributed by atoms with van der Waals surface area (Å²) in [5.41, 5.74) is 0.0415. The molecule has 0 aromatic carbocycles. The first kappa shape index (κ1) is 16.1. The van der Waals surface area contributed by atoms with E-state index in [1.54, 1.807) is 18.4 Å². The third-order valence-corrected chi connectivity index (χ3v) is 6.07. The standard InChI is InChI=1S/C12H20BrNO2S2/c1-12(2,3)5-6-18(15,16)14(4)8-11-7-10(13)9-17-11/h7,9H,5-6,8H2,1-4H3. The Morgan fingerprint density at radius 1 is 1.39 bits per heavy atom. The monoisotopic (exact) mass is 353 g/mol. The molecule has 0 aliphatic heterocycles. The molecule has 0 bridgehead atoms. The number of halogens is 1. The summed E-state index contributed by atoms with van der Waals surface area (Å²) in [5.74, 6) is 0.208. The predicted octanol–water partition coefficient (Wildman–Crippen LogP) is 3.71. The summed E-state index contributed by atoms with van der Waals surface area (Å²) in [4.78, 5) is 1.05. The van der Waals surface area contributed by atoms with E-state index >= 15 is 0 Å². The maximum atomic E-state index is 12.1. The van der Waals surface area contributed by atoms with Crippen molar-refractivity contribution in [1.29, 1.82) is 0 Å². The van der Waals surface area contributed by atoms with E-state index in [0.717, 1.165) is 9.35 Å². The Kier molecular flexibility index (Phi) is 5.41. The molecule has 3 nitrogen and oxygen atoms in total. The first-order chi connectivity index (χ1) is 8.10. The van der Waals surface area contributed by atoms with E-state index in [2.05, 4.69) is 36.7 Å². The molecule has 104 valence electrons. The van der Waals surface area contributed by atoms with Gasteiger partial charge in [-0.3, -0.25) is 0 Å². The van der Waals surface area contributed by atoms with Gasteiger partial charge in [-0.15, -0.1) is 11.3 Å². The fraction of sp³-hybridized carbons (Fsp3) is 0.667. The lowest BCUT2D eigenvalue weighted by Crippen LogP contribution is -2.30. The van der Waals surface area contributed by atoms with Crippen molar-refractivity contribution in [3.63, 3.8) is 0 Å². The largest absolute Gasteiger partial charge is 0.214 e. The van der Waals surface area contributed by atoms with Crippen LogP contribution in [0.25, 0.3) is 0 Å². The number of hydrogen-bond acceptors (Lipinski definition) is 3. The van der Waals surface area contributed by atoms with Crippen LogP contribution in [0.1, 0.15) is 32.1 Å². The minimum absolute atomic E-state index is 0.0415. The summed E-state index contributed by atoms with van der Waals surface area (Å²) >= 11 is 4.94. The third kappa shape index (κ3) is 5.38. The molecule has 1 heterocycles. The van der Waals surface area contributed by atoms with Crippen molar-refractivity contribution in [3.05, 3.63) is 20.8 Å². The van der Waals surface area contributed by atoms with Crippen molar-refractivity contribution in [3.8, 4) is 0 Å². The van der Waals surface area contributed by atoms with Gasteiger partial charge in [-0.25, -0.2) is 8.42 Å². The number of thiophene rings is 1. The molecule has 1 rings (SSSR count). The van der Waals surface area contributed by atoms with Crippen molar-refractivity contribution in [1.82, 2.24) is 4.31 Å². The fourth-order valence-electron chi connectivity index (χ4n) is 1.35. The lowest BCUT2D eigenvalue weighted by molar-refractivity contribution is 0.388. The van der Waals surface area contributed by atoms with Crippen LogP contribution in [0, 0.1) is 5.41 Å². The first-order valence-corrected chi connectivity index (χ1v) is 9.05. The van der Waals surface area contributed by atoms with Crippen LogP contribution in [-0.4, -0.2) is 25.5 Å². The number of rotatable bonds is 5. The molecule has 0 unspecified atom stereocenters. The third-order valence-electron chi connectivity index (χ3n) is 2.59. The van der Waals surface area contributed by atoms with Gasteiger partial charge in [-0.2, -0.15) is 4.31 Å². The summed E-state index contributed by atoms with van der Waals surface area (Å²) in [7, 11) is -1.51. The average molecular weight is 354 g/mol. The van der Waals surface area contributed by atoms with Gasteiger partial charge < -0.3 is 0 Å². The summed E-state index contributed by atoms with van der Waals surface area (Å²) in [6, 6.07) is 1.96. The van der Waals surface area contributed by atoms with Crippen molar-refractivity contribution >= 4 is 37.3 Å². The van der Waals surface area contributed by atoms with Crippen molar-refractivity contribution in [2.45, 2.75) is 33.7 Å². The molecule has 18 heavy (non-hydrogen) atoms. The highest BCUT2D eigenvalue weighted by Gasteiger charge is 2.22. The molecule has 0 atom stereocenters. The normalized spacial score (nSPS) is 13.2. The van der Waals surface area contributed by atoms with Crippen LogP contribution in [0.5, 0.6) is 0 Å². The lowest BCUT2D eigenvalue weighted by Gasteiger charge is -2.21. The van der Waals surface area contributed by atoms with E-state index in [1.165, 1.54) is 4.31 Å². The van der Waals surface area contributed by atoms with Crippen LogP contribution in [0.4, 0.5) is 0 Å². The highest BCUT2D eigenvalue weighted by atomic mass is 79.9. The number of sulfonamides is 1. The van der Waals surface area contributed by atoms with E-state index in [-0.39, 0.29) is 11.2 Å². The van der Waals surface area contributed by atoms with Gasteiger partial charge in [0, 0.05) is 28.3 Å². The molecule has 0 radical (unpaired) electrons. The zero-order valence-corrected chi connectivity index (χ0v) is 14.5. The highest BCUT2D eigenvalue weighted by Crippen LogP contribution is 2.23. The Balaban J connectivity index is 2.62. The maximum absolute atomic E-state index is 12.1. The molecular formula is C12H20BrNO2S2. The predicted molar refractivity (Wildman–Crippen MR) is 81.3 cm³/mol. The SMILES string of the molecule is CN(Cc1cc(Br)cs1)S(=O)(=O)CCC(C)(C)C. The molecule has 0 saturated heterocycles. The molecule has 0 amide bonds. The van der Waals surface area contributed by atoms with Gasteiger partial charge >= 0.3 is 0 Å². The quantitative estimate of drug-likeness (QED) is 0.808. The minimum Gasteiger partial charge on any atom is -0.212 e. The Morgan fingerprint density at radius 2 is 2.00 bits per heavy atom. The minimum atomic E-state index is -3.16. The Labute approximate surface area is 122 Å². The molecule has 0 fully saturated rings. The van der Waals surface area contributed by atoms with Gasteiger partial charge in [0.25, 0.3) is 0 Å². The zero-order valence-electron chi connectivity index (χ0n) is 11.2. The van der Waals surface area contributed by atoms with Gasteiger partial charge in [0.15, 0.2) is 0 Å². The first-order valence-electron chi connectivity index (χ1n) is 5.77. The van der Waals surface area contributed by atoms with Crippen molar-refractivity contribution in [2.75, 3.05) is 12.8 Å². The van der Waals surface area contributed by atoms with Crippen LogP contribution in [-0.2, 0) is 16.6 Å². The summed E-state index contributed by atoms with van der Waals surface area (Å²) in [6.45, 7) is 6.61. The molecule has 0 N–H and O–H groups in total. The molecule has 1 aromatic heterocycles.